The number of fused-ring (bicyclic) bond motifs is 1. The van der Waals surface area contributed by atoms with Gasteiger partial charge in [0.2, 0.25) is 0 Å². The molecule has 1 nitrogen and oxygen atoms in total. The van der Waals surface area contributed by atoms with Crippen molar-refractivity contribution in [3.63, 3.8) is 0 Å². The van der Waals surface area contributed by atoms with E-state index >= 15 is 0 Å². The molecule has 3 fully saturated rings. The minimum atomic E-state index is 0.138. The van der Waals surface area contributed by atoms with E-state index in [2.05, 4.69) is 27.7 Å². The van der Waals surface area contributed by atoms with E-state index in [1.165, 1.54) is 32.1 Å². The fourth-order valence-electron chi connectivity index (χ4n) is 6.10. The molecule has 0 N–H and O–H groups in total. The van der Waals surface area contributed by atoms with Gasteiger partial charge in [0.25, 0.3) is 0 Å². The third-order valence-electron chi connectivity index (χ3n) is 7.23. The predicted octanol–water partition coefficient (Wildman–Crippen LogP) is 4.26. The molecule has 0 aromatic carbocycles. The maximum Gasteiger partial charge on any atom is 0.0684 e. The molecule has 5 atom stereocenters. The number of methoxy groups -OCH3 is 1. The summed E-state index contributed by atoms with van der Waals surface area (Å²) in [6.07, 6.45) is 7.03. The minimum absolute atomic E-state index is 0.138. The van der Waals surface area contributed by atoms with Crippen LogP contribution >= 0.6 is 0 Å². The Morgan fingerprint density at radius 1 is 1.00 bits per heavy atom. The average Bonchev–Trinajstić information content (AvgIpc) is 2.70. The molecule has 0 aromatic rings. The Kier molecular flexibility index (Phi) is 2.32. The van der Waals surface area contributed by atoms with Gasteiger partial charge in [0, 0.05) is 7.11 Å². The zero-order valence-electron chi connectivity index (χ0n) is 12.2. The summed E-state index contributed by atoms with van der Waals surface area (Å²) in [5, 5.41) is 0. The van der Waals surface area contributed by atoms with E-state index in [0.29, 0.717) is 10.8 Å². The number of ether oxygens (including phenoxy) is 1. The van der Waals surface area contributed by atoms with E-state index in [-0.39, 0.29) is 5.60 Å². The van der Waals surface area contributed by atoms with Crippen molar-refractivity contribution in [3.05, 3.63) is 0 Å². The summed E-state index contributed by atoms with van der Waals surface area (Å²) in [6.45, 7) is 9.90. The third-order valence-corrected chi connectivity index (χ3v) is 7.23. The zero-order valence-corrected chi connectivity index (χ0v) is 12.2. The Morgan fingerprint density at radius 3 is 2.35 bits per heavy atom. The Hall–Kier alpha value is -0.0400. The fourth-order valence-corrected chi connectivity index (χ4v) is 6.10. The lowest BCUT2D eigenvalue weighted by molar-refractivity contribution is -0.100. The van der Waals surface area contributed by atoms with Crippen molar-refractivity contribution >= 4 is 0 Å². The Morgan fingerprint density at radius 2 is 1.71 bits per heavy atom. The average molecular weight is 236 g/mol. The number of rotatable bonds is 1. The second-order valence-electron chi connectivity index (χ2n) is 7.86. The van der Waals surface area contributed by atoms with Crippen LogP contribution in [-0.2, 0) is 4.74 Å². The van der Waals surface area contributed by atoms with Gasteiger partial charge in [-0.1, -0.05) is 20.8 Å². The minimum Gasteiger partial charge on any atom is -0.378 e. The quantitative estimate of drug-likeness (QED) is 0.661. The SMILES string of the molecule is CO[C@@]1(C)CC[C@@]23CC1C(C)(C)C2CCC3C. The second kappa shape index (κ2) is 3.29. The molecule has 0 amide bonds. The molecule has 0 heterocycles. The molecular formula is C16H28O. The van der Waals surface area contributed by atoms with Gasteiger partial charge >= 0.3 is 0 Å². The number of hydrogen-bond acceptors (Lipinski definition) is 1. The van der Waals surface area contributed by atoms with E-state index < -0.39 is 0 Å². The van der Waals surface area contributed by atoms with Crippen LogP contribution in [0.2, 0.25) is 0 Å². The van der Waals surface area contributed by atoms with Gasteiger partial charge in [-0.3, -0.25) is 0 Å². The summed E-state index contributed by atoms with van der Waals surface area (Å²) in [7, 11) is 1.92. The molecule has 3 aliphatic carbocycles. The van der Waals surface area contributed by atoms with E-state index in [1.54, 1.807) is 0 Å². The fraction of sp³-hybridized carbons (Fsp3) is 1.00. The molecule has 3 unspecified atom stereocenters. The van der Waals surface area contributed by atoms with E-state index in [4.69, 9.17) is 4.74 Å². The predicted molar refractivity (Wildman–Crippen MR) is 70.9 cm³/mol. The topological polar surface area (TPSA) is 9.23 Å². The molecule has 3 aliphatic rings. The molecule has 0 radical (unpaired) electrons. The molecule has 98 valence electrons. The van der Waals surface area contributed by atoms with Gasteiger partial charge < -0.3 is 4.74 Å². The van der Waals surface area contributed by atoms with Gasteiger partial charge in [0.15, 0.2) is 0 Å². The molecule has 17 heavy (non-hydrogen) atoms. The third kappa shape index (κ3) is 1.25. The highest BCUT2D eigenvalue weighted by Crippen LogP contribution is 2.73. The monoisotopic (exact) mass is 236 g/mol. The van der Waals surface area contributed by atoms with Crippen molar-refractivity contribution in [1.82, 2.24) is 0 Å². The lowest BCUT2D eigenvalue weighted by Gasteiger charge is -2.46. The normalized spacial score (nSPS) is 55.9. The van der Waals surface area contributed by atoms with Gasteiger partial charge in [-0.15, -0.1) is 0 Å². The maximum atomic E-state index is 5.94. The first kappa shape index (κ1) is 12.0. The van der Waals surface area contributed by atoms with Crippen LogP contribution in [0, 0.1) is 28.6 Å². The van der Waals surface area contributed by atoms with E-state index in [1.807, 2.05) is 7.11 Å². The lowest BCUT2D eigenvalue weighted by atomic mass is 9.64. The molecule has 0 saturated heterocycles. The first-order valence-electron chi connectivity index (χ1n) is 7.42. The zero-order chi connectivity index (χ0) is 12.5. The van der Waals surface area contributed by atoms with Gasteiger partial charge in [-0.05, 0) is 67.6 Å². The van der Waals surface area contributed by atoms with Crippen molar-refractivity contribution in [1.29, 1.82) is 0 Å². The van der Waals surface area contributed by atoms with Gasteiger partial charge in [-0.2, -0.15) is 0 Å². The van der Waals surface area contributed by atoms with Crippen LogP contribution < -0.4 is 0 Å². The molecule has 0 aliphatic heterocycles. The first-order valence-corrected chi connectivity index (χ1v) is 7.42. The molecule has 0 aromatic heterocycles. The van der Waals surface area contributed by atoms with Crippen LogP contribution in [0.1, 0.15) is 59.8 Å². The summed E-state index contributed by atoms with van der Waals surface area (Å²) in [5.74, 6) is 2.66. The van der Waals surface area contributed by atoms with Crippen molar-refractivity contribution in [3.8, 4) is 0 Å². The van der Waals surface area contributed by atoms with Crippen molar-refractivity contribution in [2.75, 3.05) is 7.11 Å². The summed E-state index contributed by atoms with van der Waals surface area (Å²) in [5.41, 5.74) is 1.29. The molecule has 2 bridgehead atoms. The van der Waals surface area contributed by atoms with E-state index in [0.717, 1.165) is 17.8 Å². The Labute approximate surface area is 106 Å². The molecule has 1 spiro atoms. The smallest absolute Gasteiger partial charge is 0.0684 e. The maximum absolute atomic E-state index is 5.94. The molecule has 3 rings (SSSR count). The standard InChI is InChI=1S/C16H28O/c1-11-6-7-12-14(2,3)13-10-16(11,12)9-8-15(13,4)17-5/h11-13H,6-10H2,1-5H3/t11?,12?,13?,15-,16-/m0/s1. The van der Waals surface area contributed by atoms with Crippen molar-refractivity contribution in [2.24, 2.45) is 28.6 Å². The van der Waals surface area contributed by atoms with Gasteiger partial charge in [0.05, 0.1) is 5.60 Å². The van der Waals surface area contributed by atoms with Crippen LogP contribution in [0.4, 0.5) is 0 Å². The van der Waals surface area contributed by atoms with Crippen LogP contribution in [0.15, 0.2) is 0 Å². The van der Waals surface area contributed by atoms with Gasteiger partial charge in [-0.25, -0.2) is 0 Å². The van der Waals surface area contributed by atoms with Crippen LogP contribution in [0.25, 0.3) is 0 Å². The Balaban J connectivity index is 2.04. The van der Waals surface area contributed by atoms with E-state index in [9.17, 15) is 0 Å². The Bertz CT molecular complexity index is 334. The van der Waals surface area contributed by atoms with Crippen molar-refractivity contribution in [2.45, 2.75) is 65.4 Å². The highest BCUT2D eigenvalue weighted by atomic mass is 16.5. The highest BCUT2D eigenvalue weighted by Gasteiger charge is 2.68. The summed E-state index contributed by atoms with van der Waals surface area (Å²) in [6, 6.07) is 0. The summed E-state index contributed by atoms with van der Waals surface area (Å²) >= 11 is 0. The number of hydrogen-bond donors (Lipinski definition) is 0. The lowest BCUT2D eigenvalue weighted by Crippen LogP contribution is -2.45. The second-order valence-corrected chi connectivity index (χ2v) is 7.86. The largest absolute Gasteiger partial charge is 0.378 e. The summed E-state index contributed by atoms with van der Waals surface area (Å²) < 4.78 is 5.94. The summed E-state index contributed by atoms with van der Waals surface area (Å²) in [4.78, 5) is 0. The van der Waals surface area contributed by atoms with Crippen LogP contribution in [0.3, 0.4) is 0 Å². The van der Waals surface area contributed by atoms with Crippen LogP contribution in [-0.4, -0.2) is 12.7 Å². The molecular weight excluding hydrogens is 208 g/mol. The van der Waals surface area contributed by atoms with Crippen LogP contribution in [0.5, 0.6) is 0 Å². The van der Waals surface area contributed by atoms with Crippen molar-refractivity contribution < 1.29 is 4.74 Å². The highest BCUT2D eigenvalue weighted by molar-refractivity contribution is 5.17. The first-order chi connectivity index (χ1) is 7.87. The van der Waals surface area contributed by atoms with Gasteiger partial charge in [0.1, 0.15) is 0 Å². The molecule has 3 saturated carbocycles. The molecule has 1 heteroatoms.